The second-order valence-corrected chi connectivity index (χ2v) is 5.42. The lowest BCUT2D eigenvalue weighted by molar-refractivity contribution is 0.355. The fraction of sp³-hybridized carbons (Fsp3) is 0.625. The summed E-state index contributed by atoms with van der Waals surface area (Å²) >= 11 is 0. The third-order valence-electron chi connectivity index (χ3n) is 3.31. The van der Waals surface area contributed by atoms with Crippen LogP contribution in [0.5, 0.6) is 5.75 Å². The van der Waals surface area contributed by atoms with E-state index in [1.807, 2.05) is 6.07 Å². The fourth-order valence-corrected chi connectivity index (χ4v) is 2.16. The van der Waals surface area contributed by atoms with Crippen LogP contribution in [0.3, 0.4) is 0 Å². The van der Waals surface area contributed by atoms with Gasteiger partial charge in [-0.15, -0.1) is 0 Å². The Morgan fingerprint density at radius 3 is 2.65 bits per heavy atom. The molecule has 4 heteroatoms. The molecule has 1 aromatic carbocycles. The molecule has 3 nitrogen and oxygen atoms in total. The summed E-state index contributed by atoms with van der Waals surface area (Å²) in [6, 6.07) is 5.60. The Kier molecular flexibility index (Phi) is 7.55. The number of hydrogen-bond donors (Lipinski definition) is 1. The molecule has 0 aliphatic heterocycles. The van der Waals surface area contributed by atoms with E-state index in [1.54, 1.807) is 12.1 Å². The molecule has 0 fully saturated rings. The van der Waals surface area contributed by atoms with E-state index in [0.717, 1.165) is 37.9 Å². The van der Waals surface area contributed by atoms with Crippen LogP contribution in [-0.2, 0) is 6.42 Å². The van der Waals surface area contributed by atoms with Crippen molar-refractivity contribution in [3.8, 4) is 5.75 Å². The summed E-state index contributed by atoms with van der Waals surface area (Å²) in [5, 5.41) is 3.54. The molecule has 0 radical (unpaired) electrons. The zero-order valence-electron chi connectivity index (χ0n) is 13.1. The Bertz CT molecular complexity index is 396. The summed E-state index contributed by atoms with van der Waals surface area (Å²) in [5.41, 5.74) is 1.01. The maximum atomic E-state index is 13.7. The smallest absolute Gasteiger partial charge is 0.165 e. The molecular weight excluding hydrogens is 255 g/mol. The van der Waals surface area contributed by atoms with Crippen molar-refractivity contribution >= 4 is 0 Å². The molecule has 1 rings (SSSR count). The maximum Gasteiger partial charge on any atom is 0.165 e. The molecular formula is C16H27FN2O. The molecule has 0 aliphatic rings. The first kappa shape index (κ1) is 16.9. The van der Waals surface area contributed by atoms with Gasteiger partial charge in [0.25, 0.3) is 0 Å². The highest BCUT2D eigenvalue weighted by Gasteiger charge is 2.11. The van der Waals surface area contributed by atoms with Crippen LogP contribution in [0.15, 0.2) is 18.2 Å². The van der Waals surface area contributed by atoms with Gasteiger partial charge >= 0.3 is 0 Å². The molecule has 1 atom stereocenters. The normalized spacial score (nSPS) is 12.7. The Labute approximate surface area is 122 Å². The number of ether oxygens (including phenoxy) is 1. The lowest BCUT2D eigenvalue weighted by Crippen LogP contribution is -2.34. The minimum Gasteiger partial charge on any atom is -0.494 e. The molecule has 20 heavy (non-hydrogen) atoms. The van der Waals surface area contributed by atoms with Crippen LogP contribution in [0, 0.1) is 5.82 Å². The van der Waals surface area contributed by atoms with Crippen molar-refractivity contribution in [3.63, 3.8) is 0 Å². The van der Waals surface area contributed by atoms with Gasteiger partial charge < -0.3 is 15.0 Å². The van der Waals surface area contributed by atoms with Crippen LogP contribution in [-0.4, -0.2) is 45.2 Å². The van der Waals surface area contributed by atoms with Gasteiger partial charge in [0, 0.05) is 6.04 Å². The van der Waals surface area contributed by atoms with Gasteiger partial charge in [0.15, 0.2) is 11.6 Å². The van der Waals surface area contributed by atoms with Crippen LogP contribution in [0.1, 0.15) is 25.3 Å². The van der Waals surface area contributed by atoms with E-state index in [9.17, 15) is 4.39 Å². The predicted octanol–water partition coefficient (Wildman–Crippen LogP) is 2.70. The summed E-state index contributed by atoms with van der Waals surface area (Å²) in [6.07, 6.45) is 3.00. The van der Waals surface area contributed by atoms with Crippen LogP contribution in [0.2, 0.25) is 0 Å². The first-order chi connectivity index (χ1) is 9.56. The second kappa shape index (κ2) is 8.93. The Hall–Kier alpha value is -1.13. The molecule has 1 N–H and O–H groups in total. The zero-order chi connectivity index (χ0) is 15.0. The molecule has 0 heterocycles. The summed E-state index contributed by atoms with van der Waals surface area (Å²) < 4.78 is 18.7. The Balaban J connectivity index is 2.64. The average molecular weight is 282 g/mol. The van der Waals surface area contributed by atoms with E-state index < -0.39 is 0 Å². The monoisotopic (exact) mass is 282 g/mol. The molecule has 0 saturated heterocycles. The molecule has 0 bridgehead atoms. The number of methoxy groups -OCH3 is 1. The lowest BCUT2D eigenvalue weighted by Gasteiger charge is -2.21. The number of nitrogens with one attached hydrogen (secondary N) is 1. The van der Waals surface area contributed by atoms with E-state index in [-0.39, 0.29) is 5.82 Å². The highest BCUT2D eigenvalue weighted by atomic mass is 19.1. The summed E-state index contributed by atoms with van der Waals surface area (Å²) in [4.78, 5) is 2.18. The van der Waals surface area contributed by atoms with Crippen molar-refractivity contribution in [2.75, 3.05) is 34.3 Å². The minimum absolute atomic E-state index is 0.285. The van der Waals surface area contributed by atoms with Gasteiger partial charge in [-0.3, -0.25) is 0 Å². The van der Waals surface area contributed by atoms with Crippen molar-refractivity contribution in [2.45, 2.75) is 32.2 Å². The largest absolute Gasteiger partial charge is 0.494 e. The van der Waals surface area contributed by atoms with E-state index in [2.05, 4.69) is 31.2 Å². The zero-order valence-corrected chi connectivity index (χ0v) is 13.1. The van der Waals surface area contributed by atoms with Gasteiger partial charge in [-0.05, 0) is 64.1 Å². The van der Waals surface area contributed by atoms with Crippen molar-refractivity contribution in [1.82, 2.24) is 10.2 Å². The SMILES string of the molecule is CCCNC(CCN(C)C)Cc1ccc(OC)c(F)c1. The second-order valence-electron chi connectivity index (χ2n) is 5.42. The van der Waals surface area contributed by atoms with Gasteiger partial charge in [0.2, 0.25) is 0 Å². The fourth-order valence-electron chi connectivity index (χ4n) is 2.16. The first-order valence-electron chi connectivity index (χ1n) is 7.27. The Morgan fingerprint density at radius 2 is 2.10 bits per heavy atom. The minimum atomic E-state index is -0.285. The third-order valence-corrected chi connectivity index (χ3v) is 3.31. The number of benzene rings is 1. The molecule has 114 valence electrons. The molecule has 0 saturated carbocycles. The quantitative estimate of drug-likeness (QED) is 0.753. The summed E-state index contributed by atoms with van der Waals surface area (Å²) in [6.45, 7) is 4.18. The van der Waals surface area contributed by atoms with Crippen LogP contribution in [0.25, 0.3) is 0 Å². The number of halogens is 1. The molecule has 0 aliphatic carbocycles. The van der Waals surface area contributed by atoms with Gasteiger partial charge in [0.05, 0.1) is 7.11 Å². The standard InChI is InChI=1S/C16H27FN2O/c1-5-9-18-14(8-10-19(2)3)11-13-6-7-16(20-4)15(17)12-13/h6-7,12,14,18H,5,8-11H2,1-4H3. The van der Waals surface area contributed by atoms with Gasteiger partial charge in [-0.25, -0.2) is 4.39 Å². The van der Waals surface area contributed by atoms with Gasteiger partial charge in [-0.1, -0.05) is 13.0 Å². The molecule has 0 amide bonds. The summed E-state index contributed by atoms with van der Waals surface area (Å²) in [5.74, 6) is 0.0203. The first-order valence-corrected chi connectivity index (χ1v) is 7.27. The highest BCUT2D eigenvalue weighted by molar-refractivity contribution is 5.29. The molecule has 0 aromatic heterocycles. The number of hydrogen-bond acceptors (Lipinski definition) is 3. The van der Waals surface area contributed by atoms with Crippen molar-refractivity contribution in [1.29, 1.82) is 0 Å². The van der Waals surface area contributed by atoms with Crippen molar-refractivity contribution in [2.24, 2.45) is 0 Å². The van der Waals surface area contributed by atoms with Gasteiger partial charge in [-0.2, -0.15) is 0 Å². The molecule has 1 unspecified atom stereocenters. The topological polar surface area (TPSA) is 24.5 Å². The van der Waals surface area contributed by atoms with Crippen LogP contribution < -0.4 is 10.1 Å². The van der Waals surface area contributed by atoms with E-state index in [0.29, 0.717) is 11.8 Å². The summed E-state index contributed by atoms with van der Waals surface area (Å²) in [7, 11) is 5.63. The highest BCUT2D eigenvalue weighted by Crippen LogP contribution is 2.19. The van der Waals surface area contributed by atoms with E-state index >= 15 is 0 Å². The van der Waals surface area contributed by atoms with Gasteiger partial charge in [0.1, 0.15) is 0 Å². The van der Waals surface area contributed by atoms with E-state index in [4.69, 9.17) is 4.74 Å². The predicted molar refractivity (Wildman–Crippen MR) is 81.9 cm³/mol. The van der Waals surface area contributed by atoms with E-state index in [1.165, 1.54) is 7.11 Å². The number of rotatable bonds is 9. The molecule has 1 aromatic rings. The maximum absolute atomic E-state index is 13.7. The van der Waals surface area contributed by atoms with Crippen LogP contribution >= 0.6 is 0 Å². The Morgan fingerprint density at radius 1 is 1.35 bits per heavy atom. The van der Waals surface area contributed by atoms with Crippen molar-refractivity contribution in [3.05, 3.63) is 29.6 Å². The van der Waals surface area contributed by atoms with Crippen molar-refractivity contribution < 1.29 is 9.13 Å². The third kappa shape index (κ3) is 5.88. The molecule has 0 spiro atoms. The van der Waals surface area contributed by atoms with Crippen LogP contribution in [0.4, 0.5) is 4.39 Å². The number of nitrogens with zero attached hydrogens (tertiary/aromatic N) is 1. The lowest BCUT2D eigenvalue weighted by atomic mass is 10.0. The average Bonchev–Trinajstić information content (AvgIpc) is 2.42.